The molecule has 0 spiro atoms. The molecule has 4 heterocycles. The summed E-state index contributed by atoms with van der Waals surface area (Å²) in [4.78, 5) is 35.4. The van der Waals surface area contributed by atoms with Gasteiger partial charge in [0, 0.05) is 57.4 Å². The van der Waals surface area contributed by atoms with Gasteiger partial charge in [-0.05, 0) is 69.0 Å². The largest absolute Gasteiger partial charge is 0.485 e. The van der Waals surface area contributed by atoms with Crippen LogP contribution in [-0.4, -0.2) is 107 Å². The first-order valence-corrected chi connectivity index (χ1v) is 14.4. The SMILES string of the molecule is CC1(C)CN(C[C@H](O)CN2CCc3ccccc3C2)C(=O)c2ccc(C(=O)N3CCN4CCCC4C3)cc2O1. The van der Waals surface area contributed by atoms with Crippen molar-refractivity contribution >= 4 is 11.8 Å². The molecule has 8 heteroatoms. The van der Waals surface area contributed by atoms with Gasteiger partial charge in [0.25, 0.3) is 11.8 Å². The molecule has 0 radical (unpaired) electrons. The van der Waals surface area contributed by atoms with Crippen molar-refractivity contribution in [2.24, 2.45) is 0 Å². The van der Waals surface area contributed by atoms with Gasteiger partial charge in [0.1, 0.15) is 11.4 Å². The van der Waals surface area contributed by atoms with Crippen LogP contribution in [0.3, 0.4) is 0 Å². The summed E-state index contributed by atoms with van der Waals surface area (Å²) in [7, 11) is 0. The fourth-order valence-electron chi connectivity index (χ4n) is 6.77. The zero-order valence-electron chi connectivity index (χ0n) is 23.1. The topological polar surface area (TPSA) is 76.6 Å². The van der Waals surface area contributed by atoms with Gasteiger partial charge in [0.05, 0.1) is 18.2 Å². The summed E-state index contributed by atoms with van der Waals surface area (Å²) >= 11 is 0. The highest BCUT2D eigenvalue weighted by atomic mass is 16.5. The Bertz CT molecular complexity index is 1250. The van der Waals surface area contributed by atoms with E-state index in [4.69, 9.17) is 4.74 Å². The standard InChI is InChI=1S/C31H40N4O4/c1-31(2)21-35(20-26(36)19-32-13-11-22-6-3-4-7-24(22)17-32)30(38)27-10-9-23(16-28(27)39-31)29(37)34-15-14-33-12-5-8-25(33)18-34/h3-4,6-7,9-10,16,25-26,36H,5,8,11-15,17-21H2,1-2H3/t25?,26-/m1/s1. The fraction of sp³-hybridized carbons (Fsp3) is 0.548. The highest BCUT2D eigenvalue weighted by Gasteiger charge is 2.37. The summed E-state index contributed by atoms with van der Waals surface area (Å²) in [5, 5.41) is 11.0. The predicted molar refractivity (Wildman–Crippen MR) is 149 cm³/mol. The maximum absolute atomic E-state index is 13.6. The predicted octanol–water partition coefficient (Wildman–Crippen LogP) is 2.64. The number of ether oxygens (including phenoxy) is 1. The number of carbonyl (C=O) groups excluding carboxylic acids is 2. The van der Waals surface area contributed by atoms with Crippen molar-refractivity contribution in [2.75, 3.05) is 52.4 Å². The van der Waals surface area contributed by atoms with E-state index >= 15 is 0 Å². The number of benzene rings is 2. The Balaban J connectivity index is 1.14. The first-order valence-electron chi connectivity index (χ1n) is 14.4. The Hall–Kier alpha value is -2.94. The highest BCUT2D eigenvalue weighted by Crippen LogP contribution is 2.32. The summed E-state index contributed by atoms with van der Waals surface area (Å²) in [5.74, 6) is 0.273. The van der Waals surface area contributed by atoms with E-state index in [1.54, 1.807) is 23.1 Å². The van der Waals surface area contributed by atoms with Crippen LogP contribution in [0.5, 0.6) is 5.75 Å². The first kappa shape index (κ1) is 26.3. The molecule has 4 aliphatic heterocycles. The Morgan fingerprint density at radius 2 is 1.90 bits per heavy atom. The van der Waals surface area contributed by atoms with Crippen molar-refractivity contribution in [1.82, 2.24) is 19.6 Å². The molecule has 2 aromatic carbocycles. The number of aliphatic hydroxyl groups excluding tert-OH is 1. The summed E-state index contributed by atoms with van der Waals surface area (Å²) in [6.45, 7) is 10.2. The van der Waals surface area contributed by atoms with Crippen molar-refractivity contribution in [2.45, 2.75) is 57.4 Å². The number of amides is 2. The van der Waals surface area contributed by atoms with E-state index in [0.29, 0.717) is 36.0 Å². The molecule has 2 aromatic rings. The molecule has 8 nitrogen and oxygen atoms in total. The van der Waals surface area contributed by atoms with Crippen LogP contribution in [0.25, 0.3) is 0 Å². The summed E-state index contributed by atoms with van der Waals surface area (Å²) in [6.07, 6.45) is 2.64. The minimum atomic E-state index is -0.674. The number of piperazine rings is 1. The van der Waals surface area contributed by atoms with Crippen molar-refractivity contribution in [1.29, 1.82) is 0 Å². The maximum atomic E-state index is 13.6. The Kier molecular flexibility index (Phi) is 7.12. The van der Waals surface area contributed by atoms with E-state index in [-0.39, 0.29) is 18.4 Å². The van der Waals surface area contributed by atoms with Gasteiger partial charge < -0.3 is 19.6 Å². The Morgan fingerprint density at radius 3 is 2.74 bits per heavy atom. The van der Waals surface area contributed by atoms with Crippen molar-refractivity contribution in [3.05, 3.63) is 64.7 Å². The number of hydrogen-bond donors (Lipinski definition) is 1. The van der Waals surface area contributed by atoms with Gasteiger partial charge in [-0.2, -0.15) is 0 Å². The van der Waals surface area contributed by atoms with Gasteiger partial charge in [-0.3, -0.25) is 19.4 Å². The van der Waals surface area contributed by atoms with Gasteiger partial charge in [-0.15, -0.1) is 0 Å². The molecular formula is C31H40N4O4. The number of fused-ring (bicyclic) bond motifs is 3. The minimum absolute atomic E-state index is 0.00200. The van der Waals surface area contributed by atoms with E-state index < -0.39 is 11.7 Å². The number of rotatable bonds is 5. The molecule has 4 aliphatic rings. The number of β-amino-alcohol motifs (C(OH)–C–C–N with tert-alkyl or cyclic N) is 1. The normalized spacial score (nSPS) is 23.9. The molecular weight excluding hydrogens is 492 g/mol. The van der Waals surface area contributed by atoms with Crippen molar-refractivity contribution < 1.29 is 19.4 Å². The molecule has 0 aromatic heterocycles. The average Bonchev–Trinajstić information content (AvgIpc) is 3.36. The molecule has 208 valence electrons. The molecule has 2 fully saturated rings. The van der Waals surface area contributed by atoms with E-state index in [2.05, 4.69) is 34.1 Å². The monoisotopic (exact) mass is 532 g/mol. The van der Waals surface area contributed by atoms with Crippen LogP contribution in [-0.2, 0) is 13.0 Å². The Labute approximate surface area is 231 Å². The number of aliphatic hydroxyl groups is 1. The van der Waals surface area contributed by atoms with E-state index in [1.165, 1.54) is 17.5 Å². The van der Waals surface area contributed by atoms with E-state index in [0.717, 1.165) is 52.1 Å². The lowest BCUT2D eigenvalue weighted by atomic mass is 9.99. The van der Waals surface area contributed by atoms with E-state index in [1.807, 2.05) is 18.7 Å². The molecule has 1 unspecified atom stereocenters. The average molecular weight is 533 g/mol. The number of hydrogen-bond acceptors (Lipinski definition) is 6. The molecule has 2 amide bonds. The maximum Gasteiger partial charge on any atom is 0.257 e. The van der Waals surface area contributed by atoms with E-state index in [9.17, 15) is 14.7 Å². The highest BCUT2D eigenvalue weighted by molar-refractivity contribution is 6.00. The molecule has 1 N–H and O–H groups in total. The zero-order valence-corrected chi connectivity index (χ0v) is 23.1. The molecule has 0 bridgehead atoms. The zero-order chi connectivity index (χ0) is 27.1. The van der Waals surface area contributed by atoms with Crippen molar-refractivity contribution in [3.8, 4) is 5.75 Å². The van der Waals surface area contributed by atoms with Gasteiger partial charge in [0.2, 0.25) is 0 Å². The van der Waals surface area contributed by atoms with Crippen LogP contribution in [0, 0.1) is 0 Å². The molecule has 0 saturated carbocycles. The summed E-state index contributed by atoms with van der Waals surface area (Å²) < 4.78 is 6.33. The lowest BCUT2D eigenvalue weighted by molar-refractivity contribution is 0.0287. The quantitative estimate of drug-likeness (QED) is 0.638. The smallest absolute Gasteiger partial charge is 0.257 e. The molecule has 6 rings (SSSR count). The van der Waals surface area contributed by atoms with Crippen molar-refractivity contribution in [3.63, 3.8) is 0 Å². The lowest BCUT2D eigenvalue weighted by Gasteiger charge is -2.37. The molecule has 0 aliphatic carbocycles. The van der Waals surface area contributed by atoms with Gasteiger partial charge >= 0.3 is 0 Å². The van der Waals surface area contributed by atoms with Crippen LogP contribution in [0.2, 0.25) is 0 Å². The minimum Gasteiger partial charge on any atom is -0.485 e. The summed E-state index contributed by atoms with van der Waals surface area (Å²) in [5.41, 5.74) is 3.02. The molecule has 39 heavy (non-hydrogen) atoms. The van der Waals surface area contributed by atoms with Crippen LogP contribution in [0.4, 0.5) is 0 Å². The second-order valence-electron chi connectivity index (χ2n) is 12.2. The van der Waals surface area contributed by atoms with Gasteiger partial charge in [-0.25, -0.2) is 0 Å². The van der Waals surface area contributed by atoms with Crippen LogP contribution in [0.1, 0.15) is 58.5 Å². The second kappa shape index (κ2) is 10.6. The fourth-order valence-corrected chi connectivity index (χ4v) is 6.77. The number of nitrogens with zero attached hydrogens (tertiary/aromatic N) is 4. The van der Waals surface area contributed by atoms with Crippen LogP contribution >= 0.6 is 0 Å². The second-order valence-corrected chi connectivity index (χ2v) is 12.2. The van der Waals surface area contributed by atoms with Crippen LogP contribution < -0.4 is 4.74 Å². The third-order valence-corrected chi connectivity index (χ3v) is 8.69. The Morgan fingerprint density at radius 1 is 1.08 bits per heavy atom. The third-order valence-electron chi connectivity index (χ3n) is 8.69. The molecule has 2 saturated heterocycles. The summed E-state index contributed by atoms with van der Waals surface area (Å²) in [6, 6.07) is 14.1. The third kappa shape index (κ3) is 5.55. The van der Waals surface area contributed by atoms with Crippen LogP contribution in [0.15, 0.2) is 42.5 Å². The number of carbonyl (C=O) groups is 2. The van der Waals surface area contributed by atoms with Gasteiger partial charge in [0.15, 0.2) is 0 Å². The lowest BCUT2D eigenvalue weighted by Crippen LogP contribution is -2.52. The first-order chi connectivity index (χ1) is 18.8. The van der Waals surface area contributed by atoms with Gasteiger partial charge in [-0.1, -0.05) is 24.3 Å². The molecule has 2 atom stereocenters.